The lowest BCUT2D eigenvalue weighted by atomic mass is 10.2. The molecule has 0 saturated carbocycles. The number of amides is 1. The molecule has 0 radical (unpaired) electrons. The van der Waals surface area contributed by atoms with Crippen molar-refractivity contribution in [2.24, 2.45) is 10.2 Å². The number of nitrogens with two attached hydrogens (primary N) is 1. The summed E-state index contributed by atoms with van der Waals surface area (Å²) in [5, 5.41) is 9.55. The van der Waals surface area contributed by atoms with Crippen LogP contribution < -0.4 is 15.3 Å². The fraction of sp³-hybridized carbons (Fsp3) is 0.143. The summed E-state index contributed by atoms with van der Waals surface area (Å²) in [4.78, 5) is 12.0. The molecule has 3 N–H and O–H groups in total. The molecule has 1 amide bonds. The number of sulfonamides is 1. The van der Waals surface area contributed by atoms with Gasteiger partial charge in [0.1, 0.15) is 5.75 Å². The van der Waals surface area contributed by atoms with Crippen molar-refractivity contribution in [3.05, 3.63) is 76.6 Å². The van der Waals surface area contributed by atoms with Crippen molar-refractivity contribution < 1.29 is 17.9 Å². The Labute approximate surface area is 185 Å². The smallest absolute Gasteiger partial charge is 0.277 e. The van der Waals surface area contributed by atoms with E-state index in [9.17, 15) is 13.2 Å². The Morgan fingerprint density at radius 2 is 1.87 bits per heavy atom. The lowest BCUT2D eigenvalue weighted by Gasteiger charge is -2.10. The molecule has 0 aliphatic heterocycles. The van der Waals surface area contributed by atoms with E-state index in [2.05, 4.69) is 10.5 Å². The number of benzene rings is 2. The Balaban J connectivity index is 1.67. The third-order valence-corrected chi connectivity index (χ3v) is 5.72. The summed E-state index contributed by atoms with van der Waals surface area (Å²) in [5.41, 5.74) is 5.76. The number of hydrogen-bond donors (Lipinski definition) is 2. The number of halogens is 1. The molecule has 8 nitrogen and oxygen atoms in total. The number of primary sulfonamides is 1. The van der Waals surface area contributed by atoms with E-state index in [4.69, 9.17) is 21.5 Å². The summed E-state index contributed by atoms with van der Waals surface area (Å²) in [7, 11) is -3.75. The molecule has 0 bridgehead atoms. The second kappa shape index (κ2) is 9.34. The van der Waals surface area contributed by atoms with E-state index >= 15 is 0 Å². The van der Waals surface area contributed by atoms with Gasteiger partial charge in [-0.1, -0.05) is 23.7 Å². The standard InChI is InChI=1S/C21H21ClN4O4S/c1-14-11-16(12-24-25-21(27)13-30-20-6-4-3-5-19(20)22)15(2)26(14)17-7-9-18(10-8-17)31(23,28)29/h3-12H,13H2,1-2H3,(H,25,27)(H2,23,28,29)/b24-12+. The molecular formula is C21H21ClN4O4S. The first kappa shape index (κ1) is 22.5. The van der Waals surface area contributed by atoms with Gasteiger partial charge in [0.05, 0.1) is 16.1 Å². The third kappa shape index (κ3) is 5.52. The normalized spacial score (nSPS) is 11.6. The van der Waals surface area contributed by atoms with Crippen molar-refractivity contribution in [2.75, 3.05) is 6.61 Å². The highest BCUT2D eigenvalue weighted by Crippen LogP contribution is 2.23. The van der Waals surface area contributed by atoms with Crippen LogP contribution in [0.5, 0.6) is 5.75 Å². The monoisotopic (exact) mass is 460 g/mol. The summed E-state index contributed by atoms with van der Waals surface area (Å²) in [5.74, 6) is -0.0103. The molecule has 3 rings (SSSR count). The Hall–Kier alpha value is -3.14. The molecule has 0 aliphatic rings. The number of hydrogen-bond acceptors (Lipinski definition) is 5. The number of hydrazone groups is 1. The minimum Gasteiger partial charge on any atom is -0.482 e. The van der Waals surface area contributed by atoms with Crippen molar-refractivity contribution in [2.45, 2.75) is 18.7 Å². The maximum absolute atomic E-state index is 12.0. The van der Waals surface area contributed by atoms with Crippen LogP contribution in [0.2, 0.25) is 5.02 Å². The number of carbonyl (C=O) groups excluding carboxylic acids is 1. The molecular weight excluding hydrogens is 440 g/mol. The van der Waals surface area contributed by atoms with Crippen LogP contribution in [-0.4, -0.2) is 31.7 Å². The first-order valence-corrected chi connectivity index (χ1v) is 11.1. The van der Waals surface area contributed by atoms with Crippen molar-refractivity contribution in [3.63, 3.8) is 0 Å². The van der Waals surface area contributed by atoms with Gasteiger partial charge in [-0.15, -0.1) is 0 Å². The molecule has 0 fully saturated rings. The molecule has 1 heterocycles. The summed E-state index contributed by atoms with van der Waals surface area (Å²) in [6.45, 7) is 3.58. The Kier molecular flexibility index (Phi) is 6.79. The number of carbonyl (C=O) groups is 1. The van der Waals surface area contributed by atoms with Gasteiger partial charge in [0, 0.05) is 22.6 Å². The molecule has 3 aromatic rings. The maximum atomic E-state index is 12.0. The van der Waals surface area contributed by atoms with E-state index in [1.165, 1.54) is 18.3 Å². The quantitative estimate of drug-likeness (QED) is 0.416. The number of rotatable bonds is 7. The number of aromatic nitrogens is 1. The minimum atomic E-state index is -3.75. The summed E-state index contributed by atoms with van der Waals surface area (Å²) < 4.78 is 30.2. The SMILES string of the molecule is Cc1cc(/C=N/NC(=O)COc2ccccc2Cl)c(C)n1-c1ccc(S(N)(=O)=O)cc1. The largest absolute Gasteiger partial charge is 0.482 e. The van der Waals surface area contributed by atoms with Gasteiger partial charge in [0.2, 0.25) is 10.0 Å². The van der Waals surface area contributed by atoms with Crippen LogP contribution in [0.3, 0.4) is 0 Å². The molecule has 0 atom stereocenters. The number of nitrogens with zero attached hydrogens (tertiary/aromatic N) is 2. The van der Waals surface area contributed by atoms with Gasteiger partial charge in [-0.25, -0.2) is 19.0 Å². The van der Waals surface area contributed by atoms with Gasteiger partial charge in [0.15, 0.2) is 6.61 Å². The molecule has 1 aromatic heterocycles. The Bertz CT molecular complexity index is 1230. The average molecular weight is 461 g/mol. The van der Waals surface area contributed by atoms with Crippen LogP contribution in [0, 0.1) is 13.8 Å². The van der Waals surface area contributed by atoms with Crippen LogP contribution in [0.1, 0.15) is 17.0 Å². The highest BCUT2D eigenvalue weighted by atomic mass is 35.5. The summed E-state index contributed by atoms with van der Waals surface area (Å²) in [6.07, 6.45) is 1.53. The molecule has 0 saturated heterocycles. The van der Waals surface area contributed by atoms with Crippen LogP contribution in [-0.2, 0) is 14.8 Å². The molecule has 31 heavy (non-hydrogen) atoms. The molecule has 162 valence electrons. The van der Waals surface area contributed by atoms with Crippen LogP contribution in [0.15, 0.2) is 64.6 Å². The minimum absolute atomic E-state index is 0.0437. The summed E-state index contributed by atoms with van der Waals surface area (Å²) in [6, 6.07) is 15.0. The van der Waals surface area contributed by atoms with E-state index in [1.54, 1.807) is 36.4 Å². The van der Waals surface area contributed by atoms with Gasteiger partial charge >= 0.3 is 0 Å². The molecule has 0 aliphatic carbocycles. The zero-order chi connectivity index (χ0) is 22.6. The van der Waals surface area contributed by atoms with Crippen LogP contribution in [0.25, 0.3) is 5.69 Å². The topological polar surface area (TPSA) is 116 Å². The zero-order valence-electron chi connectivity index (χ0n) is 16.9. The number of ether oxygens (including phenoxy) is 1. The van der Waals surface area contributed by atoms with E-state index in [1.807, 2.05) is 24.5 Å². The molecule has 2 aromatic carbocycles. The predicted octanol–water partition coefficient (Wildman–Crippen LogP) is 2.92. The molecule has 0 unspecified atom stereocenters. The zero-order valence-corrected chi connectivity index (χ0v) is 18.4. The van der Waals surface area contributed by atoms with Crippen molar-refractivity contribution in [3.8, 4) is 11.4 Å². The summed E-state index contributed by atoms with van der Waals surface area (Å²) >= 11 is 5.98. The van der Waals surface area contributed by atoms with Crippen molar-refractivity contribution in [1.82, 2.24) is 9.99 Å². The second-order valence-electron chi connectivity index (χ2n) is 6.71. The number of nitrogens with one attached hydrogen (secondary N) is 1. The van der Waals surface area contributed by atoms with Crippen molar-refractivity contribution in [1.29, 1.82) is 0 Å². The van der Waals surface area contributed by atoms with Crippen LogP contribution in [0.4, 0.5) is 0 Å². The van der Waals surface area contributed by atoms with Crippen LogP contribution >= 0.6 is 11.6 Å². The Morgan fingerprint density at radius 1 is 1.19 bits per heavy atom. The average Bonchev–Trinajstić information content (AvgIpc) is 3.00. The first-order valence-electron chi connectivity index (χ1n) is 9.18. The van der Waals surface area contributed by atoms with E-state index in [0.29, 0.717) is 10.8 Å². The van der Waals surface area contributed by atoms with E-state index in [0.717, 1.165) is 22.6 Å². The third-order valence-electron chi connectivity index (χ3n) is 4.48. The Morgan fingerprint density at radius 3 is 2.52 bits per heavy atom. The van der Waals surface area contributed by atoms with Gasteiger partial charge in [-0.05, 0) is 56.3 Å². The van der Waals surface area contributed by atoms with Gasteiger partial charge < -0.3 is 9.30 Å². The lowest BCUT2D eigenvalue weighted by Crippen LogP contribution is -2.24. The molecule has 10 heteroatoms. The fourth-order valence-electron chi connectivity index (χ4n) is 3.01. The molecule has 0 spiro atoms. The first-order chi connectivity index (χ1) is 14.7. The van der Waals surface area contributed by atoms with Crippen molar-refractivity contribution >= 4 is 33.7 Å². The van der Waals surface area contributed by atoms with Gasteiger partial charge in [0.25, 0.3) is 5.91 Å². The maximum Gasteiger partial charge on any atom is 0.277 e. The fourth-order valence-corrected chi connectivity index (χ4v) is 3.72. The van der Waals surface area contributed by atoms with E-state index in [-0.39, 0.29) is 11.5 Å². The number of aryl methyl sites for hydroxylation is 1. The highest BCUT2D eigenvalue weighted by molar-refractivity contribution is 7.89. The van der Waals surface area contributed by atoms with Gasteiger partial charge in [-0.3, -0.25) is 4.79 Å². The highest BCUT2D eigenvalue weighted by Gasteiger charge is 2.12. The predicted molar refractivity (Wildman–Crippen MR) is 119 cm³/mol. The lowest BCUT2D eigenvalue weighted by molar-refractivity contribution is -0.123. The number of para-hydroxylation sites is 1. The second-order valence-corrected chi connectivity index (χ2v) is 8.68. The van der Waals surface area contributed by atoms with E-state index < -0.39 is 15.9 Å². The van der Waals surface area contributed by atoms with Gasteiger partial charge in [-0.2, -0.15) is 5.10 Å².